The minimum absolute atomic E-state index is 0.000754. The second-order valence-corrected chi connectivity index (χ2v) is 9.51. The lowest BCUT2D eigenvalue weighted by Crippen LogP contribution is -2.26. The third kappa shape index (κ3) is 9.80. The van der Waals surface area contributed by atoms with Gasteiger partial charge in [0.15, 0.2) is 11.6 Å². The van der Waals surface area contributed by atoms with Crippen molar-refractivity contribution < 1.29 is 55.4 Å². The highest BCUT2D eigenvalue weighted by Crippen LogP contribution is 2.37. The zero-order chi connectivity index (χ0) is 31.1. The van der Waals surface area contributed by atoms with Gasteiger partial charge in [-0.15, -0.1) is 13.2 Å². The molecule has 0 saturated carbocycles. The normalized spacial score (nSPS) is 12.0. The molecule has 0 radical (unpaired) electrons. The van der Waals surface area contributed by atoms with E-state index in [9.17, 15) is 45.5 Å². The van der Waals surface area contributed by atoms with E-state index in [0.29, 0.717) is 0 Å². The number of hydrogen-bond acceptors (Lipinski definition) is 6. The van der Waals surface area contributed by atoms with Crippen molar-refractivity contribution in [2.75, 3.05) is 6.54 Å². The quantitative estimate of drug-likeness (QED) is 0.110. The number of alkyl halides is 6. The van der Waals surface area contributed by atoms with Gasteiger partial charge in [-0.1, -0.05) is 36.4 Å². The van der Waals surface area contributed by atoms with Gasteiger partial charge in [0.05, 0.1) is 6.42 Å². The molecule has 0 saturated heterocycles. The summed E-state index contributed by atoms with van der Waals surface area (Å²) in [4.78, 5) is 49.0. The molecule has 0 bridgehead atoms. The highest BCUT2D eigenvalue weighted by Gasteiger charge is 2.31. The highest BCUT2D eigenvalue weighted by atomic mass is 32.2. The van der Waals surface area contributed by atoms with Gasteiger partial charge in [-0.25, -0.2) is 0 Å². The minimum Gasteiger partial charge on any atom is -0.481 e. The molecule has 1 amide bonds. The average molecular weight is 612 g/mol. The fourth-order valence-electron chi connectivity index (χ4n) is 3.49. The van der Waals surface area contributed by atoms with Crippen LogP contribution in [0.1, 0.15) is 43.1 Å². The zero-order valence-corrected chi connectivity index (χ0v) is 21.9. The zero-order valence-electron chi connectivity index (χ0n) is 21.1. The van der Waals surface area contributed by atoms with E-state index in [1.165, 1.54) is 36.4 Å². The maximum absolute atomic E-state index is 13.5. The van der Waals surface area contributed by atoms with Crippen LogP contribution >= 0.6 is 11.8 Å². The van der Waals surface area contributed by atoms with Crippen LogP contribution in [0.5, 0.6) is 5.75 Å². The van der Waals surface area contributed by atoms with Gasteiger partial charge >= 0.3 is 17.8 Å². The molecule has 2 N–H and O–H groups in total. The molecular formula is C28H19F6NO6S. The van der Waals surface area contributed by atoms with Gasteiger partial charge in [0.25, 0.3) is 5.91 Å². The first-order valence-electron chi connectivity index (χ1n) is 11.7. The van der Waals surface area contributed by atoms with Crippen LogP contribution in [0.4, 0.5) is 26.3 Å². The standard InChI is InChI=1S/C28H19F6NO6S/c29-27(30,31)41-20-10-8-16(9-11-20)22(15-23(36)19-2-1-3-21(14-19)42-28(32,33)34)25(39)17-4-6-18(7-5-17)26(40)35-13-12-24(37)38/h1-11,14-15H,12-13H2,(H,35,40)(H,37,38)/b22-15-. The van der Waals surface area contributed by atoms with Crippen LogP contribution in [0.2, 0.25) is 0 Å². The van der Waals surface area contributed by atoms with E-state index in [1.807, 2.05) is 0 Å². The molecule has 7 nitrogen and oxygen atoms in total. The van der Waals surface area contributed by atoms with Crippen LogP contribution in [0, 0.1) is 0 Å². The number of benzene rings is 3. The number of allylic oxidation sites excluding steroid dienone is 2. The molecule has 0 aromatic heterocycles. The second kappa shape index (κ2) is 13.4. The number of carbonyl (C=O) groups excluding carboxylic acids is 3. The number of carboxylic acids is 1. The van der Waals surface area contributed by atoms with Gasteiger partial charge in [0, 0.05) is 33.7 Å². The van der Waals surface area contributed by atoms with Crippen molar-refractivity contribution in [2.45, 2.75) is 23.2 Å². The van der Waals surface area contributed by atoms with E-state index < -0.39 is 52.8 Å². The summed E-state index contributed by atoms with van der Waals surface area (Å²) in [6, 6.07) is 13.6. The van der Waals surface area contributed by atoms with Crippen LogP contribution in [0.25, 0.3) is 5.57 Å². The van der Waals surface area contributed by atoms with Crippen LogP contribution in [-0.2, 0) is 4.79 Å². The van der Waals surface area contributed by atoms with Gasteiger partial charge in [-0.2, -0.15) is 13.2 Å². The number of nitrogens with one attached hydrogen (secondary N) is 1. The van der Waals surface area contributed by atoms with Crippen molar-refractivity contribution in [3.05, 3.63) is 101 Å². The van der Waals surface area contributed by atoms with Crippen LogP contribution < -0.4 is 10.1 Å². The molecule has 0 aliphatic rings. The Kier molecular flexibility index (Phi) is 10.2. The number of ketones is 2. The summed E-state index contributed by atoms with van der Waals surface area (Å²) in [6.45, 7) is -0.138. The first-order chi connectivity index (χ1) is 19.6. The van der Waals surface area contributed by atoms with Gasteiger partial charge in [0.2, 0.25) is 0 Å². The molecular weight excluding hydrogens is 592 g/mol. The predicted molar refractivity (Wildman–Crippen MR) is 139 cm³/mol. The fraction of sp³-hybridized carbons (Fsp3) is 0.143. The lowest BCUT2D eigenvalue weighted by Gasteiger charge is -2.12. The molecule has 3 rings (SSSR count). The lowest BCUT2D eigenvalue weighted by atomic mass is 9.94. The number of ether oxygens (including phenoxy) is 1. The number of carboxylic acid groups (broad SMARTS) is 1. The van der Waals surface area contributed by atoms with E-state index in [-0.39, 0.29) is 45.7 Å². The third-order valence-electron chi connectivity index (χ3n) is 5.30. The van der Waals surface area contributed by atoms with Gasteiger partial charge in [-0.05, 0) is 59.8 Å². The largest absolute Gasteiger partial charge is 0.573 e. The van der Waals surface area contributed by atoms with Crippen molar-refractivity contribution in [3.8, 4) is 5.75 Å². The maximum Gasteiger partial charge on any atom is 0.573 e. The fourth-order valence-corrected chi connectivity index (χ4v) is 4.09. The van der Waals surface area contributed by atoms with E-state index in [0.717, 1.165) is 42.5 Å². The smallest absolute Gasteiger partial charge is 0.481 e. The number of carbonyl (C=O) groups is 4. The summed E-state index contributed by atoms with van der Waals surface area (Å²) >= 11 is -0.441. The van der Waals surface area contributed by atoms with Crippen LogP contribution in [0.15, 0.2) is 83.8 Å². The van der Waals surface area contributed by atoms with Crippen LogP contribution in [0.3, 0.4) is 0 Å². The van der Waals surface area contributed by atoms with Crippen molar-refractivity contribution in [3.63, 3.8) is 0 Å². The highest BCUT2D eigenvalue weighted by molar-refractivity contribution is 8.00. The van der Waals surface area contributed by atoms with Crippen LogP contribution in [-0.4, -0.2) is 47.0 Å². The Morgan fingerprint density at radius 3 is 1.98 bits per heavy atom. The summed E-state index contributed by atoms with van der Waals surface area (Å²) in [5.41, 5.74) is -5.04. The summed E-state index contributed by atoms with van der Waals surface area (Å²) in [5, 5.41) is 11.1. The van der Waals surface area contributed by atoms with Crippen molar-refractivity contribution in [1.82, 2.24) is 5.32 Å². The molecule has 0 atom stereocenters. The molecule has 0 aliphatic carbocycles. The second-order valence-electron chi connectivity index (χ2n) is 8.38. The molecule has 3 aromatic carbocycles. The number of amides is 1. The number of hydrogen-bond donors (Lipinski definition) is 2. The SMILES string of the molecule is O=C(O)CCNC(=O)c1ccc(C(=O)/C(=C\C(=O)c2cccc(SC(F)(F)F)c2)c2ccc(OC(F)(F)F)cc2)cc1. The number of halogens is 6. The number of aliphatic carboxylic acids is 1. The Bertz CT molecular complexity index is 1500. The summed E-state index contributed by atoms with van der Waals surface area (Å²) < 4.78 is 80.0. The lowest BCUT2D eigenvalue weighted by molar-refractivity contribution is -0.274. The van der Waals surface area contributed by atoms with Crippen molar-refractivity contribution in [2.24, 2.45) is 0 Å². The Morgan fingerprint density at radius 2 is 1.40 bits per heavy atom. The molecule has 220 valence electrons. The molecule has 0 fully saturated rings. The van der Waals surface area contributed by atoms with E-state index >= 15 is 0 Å². The summed E-state index contributed by atoms with van der Waals surface area (Å²) in [7, 11) is 0. The summed E-state index contributed by atoms with van der Waals surface area (Å²) in [6.07, 6.45) is -4.44. The molecule has 0 heterocycles. The molecule has 3 aromatic rings. The Balaban J connectivity index is 1.95. The Labute approximate surface area is 238 Å². The average Bonchev–Trinajstić information content (AvgIpc) is 2.90. The first-order valence-corrected chi connectivity index (χ1v) is 12.6. The van der Waals surface area contributed by atoms with Crippen molar-refractivity contribution >= 4 is 40.8 Å². The maximum atomic E-state index is 13.5. The monoisotopic (exact) mass is 611 g/mol. The number of rotatable bonds is 11. The minimum atomic E-state index is -4.98. The third-order valence-corrected chi connectivity index (χ3v) is 6.03. The van der Waals surface area contributed by atoms with Gasteiger partial charge in [0.1, 0.15) is 5.75 Å². The van der Waals surface area contributed by atoms with Crippen molar-refractivity contribution in [1.29, 1.82) is 0 Å². The van der Waals surface area contributed by atoms with E-state index in [4.69, 9.17) is 5.11 Å². The predicted octanol–water partition coefficient (Wildman–Crippen LogP) is 6.55. The summed E-state index contributed by atoms with van der Waals surface area (Å²) in [5.74, 6) is -3.97. The molecule has 0 spiro atoms. The first kappa shape index (κ1) is 31.9. The van der Waals surface area contributed by atoms with E-state index in [1.54, 1.807) is 0 Å². The Hall–Kier alpha value is -4.59. The molecule has 0 aliphatic heterocycles. The van der Waals surface area contributed by atoms with Gasteiger partial charge < -0.3 is 15.2 Å². The molecule has 14 heteroatoms. The van der Waals surface area contributed by atoms with E-state index in [2.05, 4.69) is 10.1 Å². The number of thioether (sulfide) groups is 1. The van der Waals surface area contributed by atoms with Gasteiger partial charge in [-0.3, -0.25) is 19.2 Å². The molecule has 0 unspecified atom stereocenters. The molecule has 42 heavy (non-hydrogen) atoms. The number of Topliss-reactive ketones (excluding diaryl/α,β-unsaturated/α-hetero) is 1. The topological polar surface area (TPSA) is 110 Å². The Morgan fingerprint density at radius 1 is 0.810 bits per heavy atom.